The number of aryl methyl sites for hydroxylation is 1. The largest absolute Gasteiger partial charge is 0.483 e. The summed E-state index contributed by atoms with van der Waals surface area (Å²) in [6, 6.07) is 11.3. The van der Waals surface area contributed by atoms with E-state index in [-0.39, 0.29) is 12.2 Å². The number of nitrogens with one attached hydrogen (secondary N) is 2. The Morgan fingerprint density at radius 2 is 1.65 bits per heavy atom. The highest BCUT2D eigenvalue weighted by atomic mass is 79.9. The van der Waals surface area contributed by atoms with Gasteiger partial charge in [-0.15, -0.1) is 0 Å². The molecule has 2 rings (SSSR count). The second-order valence-electron chi connectivity index (χ2n) is 5.29. The van der Waals surface area contributed by atoms with Gasteiger partial charge in [0.1, 0.15) is 5.75 Å². The molecule has 0 saturated heterocycles. The molecule has 0 unspecified atom stereocenters. The summed E-state index contributed by atoms with van der Waals surface area (Å²) in [5.74, 6) is -1.01. The van der Waals surface area contributed by atoms with Crippen LogP contribution in [0, 0.1) is 6.92 Å². The van der Waals surface area contributed by atoms with Crippen LogP contribution >= 0.6 is 15.9 Å². The maximum atomic E-state index is 12.0. The number of hydrogen-bond donors (Lipinski definition) is 2. The highest BCUT2D eigenvalue weighted by Gasteiger charge is 2.11. The molecule has 2 aromatic rings. The minimum absolute atomic E-state index is 0.261. The predicted octanol–water partition coefficient (Wildman–Crippen LogP) is 2.38. The monoisotopic (exact) mass is 420 g/mol. The topological polar surface area (TPSA) is 93.7 Å². The fourth-order valence-corrected chi connectivity index (χ4v) is 2.58. The molecule has 0 heterocycles. The van der Waals surface area contributed by atoms with E-state index in [1.807, 2.05) is 19.1 Å². The van der Waals surface area contributed by atoms with Crippen molar-refractivity contribution in [3.05, 3.63) is 63.6 Å². The summed E-state index contributed by atoms with van der Waals surface area (Å²) in [6.45, 7) is 1.68. The third-order valence-corrected chi connectivity index (χ3v) is 3.95. The molecule has 2 aromatic carbocycles. The molecule has 0 aliphatic carbocycles. The first-order valence-electron chi connectivity index (χ1n) is 7.57. The first-order valence-corrected chi connectivity index (χ1v) is 8.36. The van der Waals surface area contributed by atoms with E-state index in [0.717, 1.165) is 10.0 Å². The number of halogens is 1. The minimum Gasteiger partial charge on any atom is -0.483 e. The molecule has 0 bridgehead atoms. The van der Waals surface area contributed by atoms with Gasteiger partial charge in [-0.05, 0) is 64.8 Å². The molecular formula is C18H17BrN2O5. The Kier molecular flexibility index (Phi) is 6.74. The fourth-order valence-electron chi connectivity index (χ4n) is 1.98. The van der Waals surface area contributed by atoms with Crippen LogP contribution in [-0.4, -0.2) is 31.5 Å². The maximum Gasteiger partial charge on any atom is 0.337 e. The zero-order chi connectivity index (χ0) is 19.1. The first kappa shape index (κ1) is 19.5. The summed E-state index contributed by atoms with van der Waals surface area (Å²) in [6.07, 6.45) is 0. The van der Waals surface area contributed by atoms with Crippen LogP contribution in [0.3, 0.4) is 0 Å². The Hall–Kier alpha value is -2.87. The standard InChI is InChI=1S/C18H17BrN2O5/c1-11-3-8-15(14(19)9-11)26-10-16(22)20-21-17(23)12-4-6-13(7-5-12)18(24)25-2/h3-9H,10H2,1-2H3,(H,20,22)(H,21,23). The van der Waals surface area contributed by atoms with E-state index in [1.165, 1.54) is 31.4 Å². The van der Waals surface area contributed by atoms with Crippen LogP contribution in [0.25, 0.3) is 0 Å². The zero-order valence-corrected chi connectivity index (χ0v) is 15.8. The Bertz CT molecular complexity index is 821. The van der Waals surface area contributed by atoms with Gasteiger partial charge in [0.05, 0.1) is 17.1 Å². The molecule has 0 aliphatic rings. The molecule has 2 N–H and O–H groups in total. The normalized spacial score (nSPS) is 9.96. The molecule has 0 saturated carbocycles. The number of ether oxygens (including phenoxy) is 2. The van der Waals surface area contributed by atoms with E-state index < -0.39 is 17.8 Å². The van der Waals surface area contributed by atoms with Crippen LogP contribution in [0.15, 0.2) is 46.9 Å². The van der Waals surface area contributed by atoms with Crippen molar-refractivity contribution in [2.24, 2.45) is 0 Å². The van der Waals surface area contributed by atoms with E-state index in [9.17, 15) is 14.4 Å². The molecule has 0 atom stereocenters. The van der Waals surface area contributed by atoms with Gasteiger partial charge in [0, 0.05) is 5.56 Å². The Balaban J connectivity index is 1.82. The van der Waals surface area contributed by atoms with Crippen molar-refractivity contribution in [3.63, 3.8) is 0 Å². The number of rotatable bonds is 5. The number of esters is 1. The number of benzene rings is 2. The van der Waals surface area contributed by atoms with Crippen LogP contribution in [0.5, 0.6) is 5.75 Å². The van der Waals surface area contributed by atoms with Crippen LogP contribution < -0.4 is 15.6 Å². The molecule has 7 nitrogen and oxygen atoms in total. The van der Waals surface area contributed by atoms with Gasteiger partial charge in [0.25, 0.3) is 11.8 Å². The summed E-state index contributed by atoms with van der Waals surface area (Å²) in [5.41, 5.74) is 6.19. The predicted molar refractivity (Wildman–Crippen MR) is 97.8 cm³/mol. The van der Waals surface area contributed by atoms with Crippen LogP contribution in [0.2, 0.25) is 0 Å². The molecule has 0 aromatic heterocycles. The van der Waals surface area contributed by atoms with Gasteiger partial charge >= 0.3 is 5.97 Å². The summed E-state index contributed by atoms with van der Waals surface area (Å²) >= 11 is 3.35. The molecule has 26 heavy (non-hydrogen) atoms. The van der Waals surface area contributed by atoms with Gasteiger partial charge in [-0.25, -0.2) is 4.79 Å². The van der Waals surface area contributed by atoms with E-state index >= 15 is 0 Å². The van der Waals surface area contributed by atoms with Gasteiger partial charge in [-0.1, -0.05) is 6.07 Å². The van der Waals surface area contributed by atoms with Crippen molar-refractivity contribution in [2.75, 3.05) is 13.7 Å². The van der Waals surface area contributed by atoms with Crippen molar-refractivity contribution in [1.82, 2.24) is 10.9 Å². The molecule has 0 fully saturated rings. The number of carbonyl (C=O) groups is 3. The number of hydrazine groups is 1. The molecule has 136 valence electrons. The second kappa shape index (κ2) is 9.00. The van der Waals surface area contributed by atoms with Crippen molar-refractivity contribution in [3.8, 4) is 5.75 Å². The highest BCUT2D eigenvalue weighted by Crippen LogP contribution is 2.25. The van der Waals surface area contributed by atoms with Gasteiger partial charge in [0.15, 0.2) is 6.61 Å². The van der Waals surface area contributed by atoms with Crippen LogP contribution in [0.1, 0.15) is 26.3 Å². The number of hydrogen-bond acceptors (Lipinski definition) is 5. The van der Waals surface area contributed by atoms with Gasteiger partial charge in [0.2, 0.25) is 0 Å². The Labute approximate surface area is 158 Å². The molecule has 0 radical (unpaired) electrons. The van der Waals surface area contributed by atoms with E-state index in [1.54, 1.807) is 6.07 Å². The molecule has 0 aliphatic heterocycles. The van der Waals surface area contributed by atoms with Crippen molar-refractivity contribution < 1.29 is 23.9 Å². The lowest BCUT2D eigenvalue weighted by Crippen LogP contribution is -2.43. The average Bonchev–Trinajstić information content (AvgIpc) is 2.64. The summed E-state index contributed by atoms with van der Waals surface area (Å²) < 4.78 is 10.7. The highest BCUT2D eigenvalue weighted by molar-refractivity contribution is 9.10. The quantitative estimate of drug-likeness (QED) is 0.571. The fraction of sp³-hybridized carbons (Fsp3) is 0.167. The average molecular weight is 421 g/mol. The lowest BCUT2D eigenvalue weighted by Gasteiger charge is -2.10. The lowest BCUT2D eigenvalue weighted by molar-refractivity contribution is -0.123. The summed E-state index contributed by atoms with van der Waals surface area (Å²) in [4.78, 5) is 35.1. The SMILES string of the molecule is COC(=O)c1ccc(C(=O)NNC(=O)COc2ccc(C)cc2Br)cc1. The van der Waals surface area contributed by atoms with Crippen LogP contribution in [-0.2, 0) is 9.53 Å². The smallest absolute Gasteiger partial charge is 0.337 e. The van der Waals surface area contributed by atoms with Crippen molar-refractivity contribution in [2.45, 2.75) is 6.92 Å². The van der Waals surface area contributed by atoms with Gasteiger partial charge < -0.3 is 9.47 Å². The second-order valence-corrected chi connectivity index (χ2v) is 6.15. The van der Waals surface area contributed by atoms with Gasteiger partial charge in [-0.2, -0.15) is 0 Å². The first-order chi connectivity index (χ1) is 12.4. The van der Waals surface area contributed by atoms with Crippen LogP contribution in [0.4, 0.5) is 0 Å². The zero-order valence-electron chi connectivity index (χ0n) is 14.2. The van der Waals surface area contributed by atoms with E-state index in [4.69, 9.17) is 4.74 Å². The molecule has 8 heteroatoms. The third kappa shape index (κ3) is 5.32. The Morgan fingerprint density at radius 3 is 2.27 bits per heavy atom. The number of amides is 2. The van der Waals surface area contributed by atoms with E-state index in [0.29, 0.717) is 11.3 Å². The van der Waals surface area contributed by atoms with Crippen molar-refractivity contribution in [1.29, 1.82) is 0 Å². The molecular weight excluding hydrogens is 404 g/mol. The maximum absolute atomic E-state index is 12.0. The Morgan fingerprint density at radius 1 is 1.00 bits per heavy atom. The third-order valence-electron chi connectivity index (χ3n) is 3.33. The summed E-state index contributed by atoms with van der Waals surface area (Å²) in [7, 11) is 1.27. The summed E-state index contributed by atoms with van der Waals surface area (Å²) in [5, 5.41) is 0. The van der Waals surface area contributed by atoms with E-state index in [2.05, 4.69) is 31.5 Å². The number of methoxy groups -OCH3 is 1. The lowest BCUT2D eigenvalue weighted by atomic mass is 10.1. The van der Waals surface area contributed by atoms with Crippen molar-refractivity contribution >= 4 is 33.7 Å². The van der Waals surface area contributed by atoms with Gasteiger partial charge in [-0.3, -0.25) is 20.4 Å². The molecule has 2 amide bonds. The number of carbonyl (C=O) groups excluding carboxylic acids is 3. The minimum atomic E-state index is -0.522. The molecule has 0 spiro atoms.